The highest BCUT2D eigenvalue weighted by molar-refractivity contribution is 6.11. The molecule has 5 amide bonds. The number of rotatable bonds is 7. The van der Waals surface area contributed by atoms with Gasteiger partial charge in [0.15, 0.2) is 0 Å². The molecule has 0 spiro atoms. The molecule has 1 saturated carbocycles. The Kier molecular flexibility index (Phi) is 6.50. The van der Waals surface area contributed by atoms with Gasteiger partial charge in [-0.2, -0.15) is 0 Å². The average Bonchev–Trinajstić information content (AvgIpc) is 3.42. The lowest BCUT2D eigenvalue weighted by Gasteiger charge is -2.22. The predicted molar refractivity (Wildman–Crippen MR) is 125 cm³/mol. The minimum Gasteiger partial charge on any atom is -0.349 e. The molecule has 1 aliphatic carbocycles. The van der Waals surface area contributed by atoms with Crippen LogP contribution in [-0.4, -0.2) is 46.2 Å². The Hall–Kier alpha value is -4.28. The monoisotopic (exact) mass is 479 g/mol. The van der Waals surface area contributed by atoms with Gasteiger partial charge in [-0.25, -0.2) is 4.79 Å². The summed E-state index contributed by atoms with van der Waals surface area (Å²) in [6.07, 6.45) is 3.96. The zero-order chi connectivity index (χ0) is 25.2. The minimum atomic E-state index is -1.48. The van der Waals surface area contributed by atoms with Crippen molar-refractivity contribution in [3.8, 4) is 0 Å². The van der Waals surface area contributed by atoms with Crippen LogP contribution < -0.4 is 16.0 Å². The molecule has 1 saturated heterocycles. The molecule has 35 heavy (non-hydrogen) atoms. The van der Waals surface area contributed by atoms with Crippen LogP contribution in [0, 0.1) is 10.1 Å². The second-order valence-corrected chi connectivity index (χ2v) is 8.80. The maximum absolute atomic E-state index is 13.1. The van der Waals surface area contributed by atoms with Gasteiger partial charge in [-0.05, 0) is 49.6 Å². The van der Waals surface area contributed by atoms with Crippen molar-refractivity contribution in [1.29, 1.82) is 0 Å². The van der Waals surface area contributed by atoms with Crippen molar-refractivity contribution in [3.05, 3.63) is 69.8 Å². The number of imide groups is 1. The van der Waals surface area contributed by atoms with E-state index >= 15 is 0 Å². The van der Waals surface area contributed by atoms with E-state index in [1.54, 1.807) is 24.3 Å². The minimum absolute atomic E-state index is 0.106. The molecule has 0 radical (unpaired) electrons. The van der Waals surface area contributed by atoms with Gasteiger partial charge in [-0.1, -0.05) is 25.0 Å². The zero-order valence-electron chi connectivity index (χ0n) is 19.1. The molecular weight excluding hydrogens is 454 g/mol. The molecule has 2 aromatic carbocycles. The lowest BCUT2D eigenvalue weighted by atomic mass is 9.92. The normalized spacial score (nSPS) is 20.0. The fourth-order valence-electron chi connectivity index (χ4n) is 4.41. The third-order valence-corrected chi connectivity index (χ3v) is 6.37. The van der Waals surface area contributed by atoms with E-state index in [0.717, 1.165) is 30.6 Å². The summed E-state index contributed by atoms with van der Waals surface area (Å²) in [5.41, 5.74) is -0.718. The number of hydrogen-bond donors (Lipinski definition) is 3. The molecule has 2 fully saturated rings. The summed E-state index contributed by atoms with van der Waals surface area (Å²) in [5, 5.41) is 19.1. The first-order valence-corrected chi connectivity index (χ1v) is 11.3. The number of benzene rings is 2. The smallest absolute Gasteiger partial charge is 0.325 e. The third-order valence-electron chi connectivity index (χ3n) is 6.37. The van der Waals surface area contributed by atoms with Gasteiger partial charge in [0.1, 0.15) is 12.1 Å². The second kappa shape index (κ2) is 9.53. The first-order valence-electron chi connectivity index (χ1n) is 11.3. The summed E-state index contributed by atoms with van der Waals surface area (Å²) >= 11 is 0. The number of non-ortho nitro benzene ring substituents is 1. The Bertz CT molecular complexity index is 1190. The maximum atomic E-state index is 13.1. The third kappa shape index (κ3) is 4.84. The van der Waals surface area contributed by atoms with Crippen LogP contribution in [0.3, 0.4) is 0 Å². The van der Waals surface area contributed by atoms with E-state index in [9.17, 15) is 29.3 Å². The second-order valence-electron chi connectivity index (χ2n) is 8.80. The fourth-order valence-corrected chi connectivity index (χ4v) is 4.41. The van der Waals surface area contributed by atoms with Gasteiger partial charge < -0.3 is 16.0 Å². The SMILES string of the molecule is CC1(c2ccc([N+](=O)[O-])cc2)NC(=O)N(CC(=O)Nc2ccccc2C(=O)NC2CCCC2)C1=O. The molecule has 1 atom stereocenters. The van der Waals surface area contributed by atoms with Gasteiger partial charge in [0.05, 0.1) is 16.2 Å². The lowest BCUT2D eigenvalue weighted by molar-refractivity contribution is -0.384. The largest absolute Gasteiger partial charge is 0.349 e. The van der Waals surface area contributed by atoms with Crippen LogP contribution in [0.4, 0.5) is 16.2 Å². The van der Waals surface area contributed by atoms with Gasteiger partial charge in [0.2, 0.25) is 5.91 Å². The summed E-state index contributed by atoms with van der Waals surface area (Å²) in [7, 11) is 0. The predicted octanol–water partition coefficient (Wildman–Crippen LogP) is 2.67. The van der Waals surface area contributed by atoms with Crippen molar-refractivity contribution >= 4 is 35.1 Å². The van der Waals surface area contributed by atoms with Crippen LogP contribution >= 0.6 is 0 Å². The first-order chi connectivity index (χ1) is 16.7. The average molecular weight is 479 g/mol. The summed E-state index contributed by atoms with van der Waals surface area (Å²) < 4.78 is 0. The van der Waals surface area contributed by atoms with E-state index in [1.807, 2.05) is 0 Å². The number of anilines is 1. The maximum Gasteiger partial charge on any atom is 0.325 e. The molecule has 0 aromatic heterocycles. The number of carbonyl (C=O) groups is 4. The Balaban J connectivity index is 1.45. The van der Waals surface area contributed by atoms with E-state index in [2.05, 4.69) is 16.0 Å². The number of nitrogens with one attached hydrogen (secondary N) is 3. The zero-order valence-corrected chi connectivity index (χ0v) is 19.1. The van der Waals surface area contributed by atoms with Gasteiger partial charge in [-0.15, -0.1) is 0 Å². The van der Waals surface area contributed by atoms with Gasteiger partial charge in [-0.3, -0.25) is 29.4 Å². The van der Waals surface area contributed by atoms with Crippen LogP contribution in [0.15, 0.2) is 48.5 Å². The molecule has 1 aliphatic heterocycles. The molecule has 3 N–H and O–H groups in total. The standard InChI is InChI=1S/C24H25N5O6/c1-24(15-10-12-17(13-11-15)29(34)35)22(32)28(23(33)27-24)14-20(30)26-19-9-5-4-8-18(19)21(31)25-16-6-2-3-7-16/h4-5,8-13,16H,2-3,6-7,14H2,1H3,(H,25,31)(H,26,30)(H,27,33). The fraction of sp³-hybridized carbons (Fsp3) is 0.333. The van der Waals surface area contributed by atoms with E-state index < -0.39 is 34.9 Å². The lowest BCUT2D eigenvalue weighted by Crippen LogP contribution is -2.42. The Labute approximate surface area is 201 Å². The Morgan fingerprint density at radius 3 is 2.43 bits per heavy atom. The molecule has 0 bridgehead atoms. The first kappa shape index (κ1) is 23.9. The summed E-state index contributed by atoms with van der Waals surface area (Å²) in [5.74, 6) is -1.62. The quantitative estimate of drug-likeness (QED) is 0.316. The van der Waals surface area contributed by atoms with Crippen LogP contribution in [0.1, 0.15) is 48.5 Å². The number of carbonyl (C=O) groups excluding carboxylic acids is 4. The van der Waals surface area contributed by atoms with Crippen LogP contribution in [0.2, 0.25) is 0 Å². The highest BCUT2D eigenvalue weighted by Gasteiger charge is 2.49. The van der Waals surface area contributed by atoms with Crippen molar-refractivity contribution in [2.24, 2.45) is 0 Å². The molecule has 1 heterocycles. The number of nitro benzene ring substituents is 1. The van der Waals surface area contributed by atoms with E-state index in [1.165, 1.54) is 31.2 Å². The van der Waals surface area contributed by atoms with Crippen LogP contribution in [0.5, 0.6) is 0 Å². The number of amides is 5. The van der Waals surface area contributed by atoms with Crippen molar-refractivity contribution in [3.63, 3.8) is 0 Å². The molecule has 11 nitrogen and oxygen atoms in total. The Morgan fingerprint density at radius 1 is 1.11 bits per heavy atom. The van der Waals surface area contributed by atoms with Crippen LogP contribution in [-0.2, 0) is 15.1 Å². The molecule has 4 rings (SSSR count). The molecule has 2 aromatic rings. The molecule has 2 aliphatic rings. The van der Waals surface area contributed by atoms with Gasteiger partial charge in [0, 0.05) is 18.2 Å². The van der Waals surface area contributed by atoms with Gasteiger partial charge in [0.25, 0.3) is 17.5 Å². The van der Waals surface area contributed by atoms with Crippen molar-refractivity contribution in [2.75, 3.05) is 11.9 Å². The van der Waals surface area contributed by atoms with Crippen molar-refractivity contribution < 1.29 is 24.1 Å². The highest BCUT2D eigenvalue weighted by Crippen LogP contribution is 2.30. The highest BCUT2D eigenvalue weighted by atomic mass is 16.6. The summed E-state index contributed by atoms with van der Waals surface area (Å²) in [6, 6.07) is 11.1. The number of hydrogen-bond acceptors (Lipinski definition) is 6. The molecule has 11 heteroatoms. The number of nitrogens with zero attached hydrogens (tertiary/aromatic N) is 2. The molecular formula is C24H25N5O6. The van der Waals surface area contributed by atoms with Gasteiger partial charge >= 0.3 is 6.03 Å². The van der Waals surface area contributed by atoms with Crippen molar-refractivity contribution in [1.82, 2.24) is 15.5 Å². The van der Waals surface area contributed by atoms with E-state index in [-0.39, 0.29) is 23.3 Å². The van der Waals surface area contributed by atoms with E-state index in [0.29, 0.717) is 11.1 Å². The Morgan fingerprint density at radius 2 is 1.77 bits per heavy atom. The molecule has 1 unspecified atom stereocenters. The van der Waals surface area contributed by atoms with Crippen molar-refractivity contribution in [2.45, 2.75) is 44.2 Å². The van der Waals surface area contributed by atoms with E-state index in [4.69, 9.17) is 0 Å². The topological polar surface area (TPSA) is 151 Å². The number of nitro groups is 1. The molecule has 182 valence electrons. The summed E-state index contributed by atoms with van der Waals surface area (Å²) in [4.78, 5) is 62.2. The number of urea groups is 1. The van der Waals surface area contributed by atoms with Crippen LogP contribution in [0.25, 0.3) is 0 Å². The summed E-state index contributed by atoms with van der Waals surface area (Å²) in [6.45, 7) is 0.904. The number of para-hydroxylation sites is 1.